The molecule has 1 aromatic rings. The van der Waals surface area contributed by atoms with Crippen molar-refractivity contribution in [2.24, 2.45) is 0 Å². The third-order valence-corrected chi connectivity index (χ3v) is 4.56. The molecule has 0 spiro atoms. The highest BCUT2D eigenvalue weighted by Crippen LogP contribution is 2.35. The summed E-state index contributed by atoms with van der Waals surface area (Å²) in [7, 11) is 0. The lowest BCUT2D eigenvalue weighted by atomic mass is 9.73. The van der Waals surface area contributed by atoms with Crippen molar-refractivity contribution in [3.05, 3.63) is 35.9 Å². The van der Waals surface area contributed by atoms with Crippen molar-refractivity contribution >= 4 is 11.9 Å². The van der Waals surface area contributed by atoms with Crippen molar-refractivity contribution in [3.8, 4) is 0 Å². The van der Waals surface area contributed by atoms with Crippen LogP contribution in [0.3, 0.4) is 0 Å². The third kappa shape index (κ3) is 4.10. The normalized spacial score (nSPS) is 18.1. The molecule has 1 aliphatic heterocycles. The van der Waals surface area contributed by atoms with Crippen molar-refractivity contribution in [2.45, 2.75) is 50.5 Å². The van der Waals surface area contributed by atoms with E-state index >= 15 is 0 Å². The summed E-state index contributed by atoms with van der Waals surface area (Å²) in [5.41, 5.74) is 0.236. The molecule has 1 aromatic carbocycles. The van der Waals surface area contributed by atoms with Gasteiger partial charge >= 0.3 is 5.97 Å². The second-order valence-electron chi connectivity index (χ2n) is 6.07. The molecule has 23 heavy (non-hydrogen) atoms. The minimum atomic E-state index is -0.970. The van der Waals surface area contributed by atoms with E-state index in [9.17, 15) is 14.7 Å². The molecule has 0 radical (unpaired) electrons. The minimum Gasteiger partial charge on any atom is -0.480 e. The summed E-state index contributed by atoms with van der Waals surface area (Å²) >= 11 is 0. The Bertz CT molecular complexity index is 523. The molecular weight excluding hydrogens is 294 g/mol. The zero-order valence-electron chi connectivity index (χ0n) is 13.6. The largest absolute Gasteiger partial charge is 0.480 e. The number of benzene rings is 1. The SMILES string of the molecule is CCCC[C@H](NC(=O)C1(c2ccccc2)CCOCC1)C(=O)O. The van der Waals surface area contributed by atoms with E-state index in [0.717, 1.165) is 18.4 Å². The number of hydrogen-bond acceptors (Lipinski definition) is 3. The Morgan fingerprint density at radius 3 is 2.48 bits per heavy atom. The number of rotatable bonds is 7. The van der Waals surface area contributed by atoms with E-state index in [-0.39, 0.29) is 5.91 Å². The molecule has 0 aliphatic carbocycles. The van der Waals surface area contributed by atoms with E-state index < -0.39 is 17.4 Å². The number of carboxylic acids is 1. The van der Waals surface area contributed by atoms with Crippen LogP contribution in [-0.2, 0) is 19.7 Å². The van der Waals surface area contributed by atoms with E-state index in [4.69, 9.17) is 4.74 Å². The van der Waals surface area contributed by atoms with Gasteiger partial charge in [0.2, 0.25) is 5.91 Å². The van der Waals surface area contributed by atoms with Crippen LogP contribution < -0.4 is 5.32 Å². The van der Waals surface area contributed by atoms with Crippen LogP contribution in [0.5, 0.6) is 0 Å². The number of nitrogens with one attached hydrogen (secondary N) is 1. The molecule has 1 amide bonds. The monoisotopic (exact) mass is 319 g/mol. The quantitative estimate of drug-likeness (QED) is 0.809. The van der Waals surface area contributed by atoms with Crippen molar-refractivity contribution in [2.75, 3.05) is 13.2 Å². The fraction of sp³-hybridized carbons (Fsp3) is 0.556. The minimum absolute atomic E-state index is 0.199. The topological polar surface area (TPSA) is 75.6 Å². The summed E-state index contributed by atoms with van der Waals surface area (Å²) in [5.74, 6) is -1.17. The molecule has 0 aromatic heterocycles. The molecule has 5 nitrogen and oxygen atoms in total. The maximum absolute atomic E-state index is 13.0. The Kier molecular flexibility index (Phi) is 6.16. The predicted molar refractivity (Wildman–Crippen MR) is 87.3 cm³/mol. The number of amides is 1. The van der Waals surface area contributed by atoms with Gasteiger partial charge < -0.3 is 15.2 Å². The van der Waals surface area contributed by atoms with Crippen LogP contribution in [0.4, 0.5) is 0 Å². The van der Waals surface area contributed by atoms with Crippen LogP contribution in [0.1, 0.15) is 44.6 Å². The molecule has 2 rings (SSSR count). The molecular formula is C18H25NO4. The molecule has 1 heterocycles. The average Bonchev–Trinajstić information content (AvgIpc) is 2.59. The molecule has 1 atom stereocenters. The summed E-state index contributed by atoms with van der Waals surface area (Å²) < 4.78 is 5.42. The number of ether oxygens (including phenoxy) is 1. The number of carboxylic acid groups (broad SMARTS) is 1. The van der Waals surface area contributed by atoms with Crippen LogP contribution in [0.25, 0.3) is 0 Å². The predicted octanol–water partition coefficient (Wildman–Crippen LogP) is 2.49. The Morgan fingerprint density at radius 2 is 1.91 bits per heavy atom. The van der Waals surface area contributed by atoms with Gasteiger partial charge in [0.25, 0.3) is 0 Å². The van der Waals surface area contributed by atoms with Gasteiger partial charge in [0, 0.05) is 13.2 Å². The van der Waals surface area contributed by atoms with Gasteiger partial charge in [0.1, 0.15) is 6.04 Å². The van der Waals surface area contributed by atoms with Gasteiger partial charge in [-0.25, -0.2) is 4.79 Å². The van der Waals surface area contributed by atoms with E-state index in [2.05, 4.69) is 5.32 Å². The molecule has 0 unspecified atom stereocenters. The highest BCUT2D eigenvalue weighted by Gasteiger charge is 2.42. The highest BCUT2D eigenvalue weighted by atomic mass is 16.5. The summed E-state index contributed by atoms with van der Waals surface area (Å²) in [6, 6.07) is 8.78. The van der Waals surface area contributed by atoms with Crippen molar-refractivity contribution < 1.29 is 19.4 Å². The van der Waals surface area contributed by atoms with Gasteiger partial charge in [-0.1, -0.05) is 50.1 Å². The van der Waals surface area contributed by atoms with E-state index in [1.807, 2.05) is 37.3 Å². The highest BCUT2D eigenvalue weighted by molar-refractivity contribution is 5.91. The van der Waals surface area contributed by atoms with Crippen LogP contribution in [0.15, 0.2) is 30.3 Å². The second kappa shape index (κ2) is 8.11. The lowest BCUT2D eigenvalue weighted by Crippen LogP contribution is -2.52. The van der Waals surface area contributed by atoms with Gasteiger partial charge in [-0.15, -0.1) is 0 Å². The van der Waals surface area contributed by atoms with Gasteiger partial charge in [-0.3, -0.25) is 4.79 Å². The van der Waals surface area contributed by atoms with Crippen LogP contribution in [0.2, 0.25) is 0 Å². The van der Waals surface area contributed by atoms with Gasteiger partial charge in [-0.05, 0) is 24.8 Å². The Balaban J connectivity index is 2.21. The second-order valence-corrected chi connectivity index (χ2v) is 6.07. The molecule has 1 fully saturated rings. The maximum Gasteiger partial charge on any atom is 0.326 e. The Hall–Kier alpha value is -1.88. The fourth-order valence-electron chi connectivity index (χ4n) is 3.09. The number of carbonyl (C=O) groups is 2. The smallest absolute Gasteiger partial charge is 0.326 e. The third-order valence-electron chi connectivity index (χ3n) is 4.56. The van der Waals surface area contributed by atoms with Crippen molar-refractivity contribution in [3.63, 3.8) is 0 Å². The first kappa shape index (κ1) is 17.5. The molecule has 126 valence electrons. The van der Waals surface area contributed by atoms with Gasteiger partial charge in [0.15, 0.2) is 0 Å². The number of carbonyl (C=O) groups excluding carboxylic acids is 1. The number of unbranched alkanes of at least 4 members (excludes halogenated alkanes) is 1. The average molecular weight is 319 g/mol. The molecule has 1 saturated heterocycles. The van der Waals surface area contributed by atoms with Crippen molar-refractivity contribution in [1.29, 1.82) is 0 Å². The van der Waals surface area contributed by atoms with Crippen LogP contribution >= 0.6 is 0 Å². The zero-order chi connectivity index (χ0) is 16.7. The van der Waals surface area contributed by atoms with Gasteiger partial charge in [0.05, 0.1) is 5.41 Å². The van der Waals surface area contributed by atoms with E-state index in [0.29, 0.717) is 32.5 Å². The van der Waals surface area contributed by atoms with Gasteiger partial charge in [-0.2, -0.15) is 0 Å². The first-order valence-corrected chi connectivity index (χ1v) is 8.27. The van der Waals surface area contributed by atoms with Crippen LogP contribution in [-0.4, -0.2) is 36.2 Å². The van der Waals surface area contributed by atoms with Crippen molar-refractivity contribution in [1.82, 2.24) is 5.32 Å². The Labute approximate surface area is 137 Å². The molecule has 2 N–H and O–H groups in total. The lowest BCUT2D eigenvalue weighted by molar-refractivity contribution is -0.144. The summed E-state index contributed by atoms with van der Waals surface area (Å²) in [4.78, 5) is 24.4. The maximum atomic E-state index is 13.0. The number of hydrogen-bond donors (Lipinski definition) is 2. The van der Waals surface area contributed by atoms with E-state index in [1.54, 1.807) is 0 Å². The standard InChI is InChI=1S/C18H25NO4/c1-2-3-9-15(16(20)21)19-17(22)18(10-12-23-13-11-18)14-7-5-4-6-8-14/h4-8,15H,2-3,9-13H2,1H3,(H,19,22)(H,20,21)/t15-/m0/s1. The first-order valence-electron chi connectivity index (χ1n) is 8.27. The fourth-order valence-corrected chi connectivity index (χ4v) is 3.09. The summed E-state index contributed by atoms with van der Waals surface area (Å²) in [6.45, 7) is 3.02. The molecule has 0 saturated carbocycles. The summed E-state index contributed by atoms with van der Waals surface area (Å²) in [5, 5.41) is 12.1. The zero-order valence-corrected chi connectivity index (χ0v) is 13.6. The Morgan fingerprint density at radius 1 is 1.26 bits per heavy atom. The first-order chi connectivity index (χ1) is 11.1. The summed E-state index contributed by atoms with van der Waals surface area (Å²) in [6.07, 6.45) is 3.28. The molecule has 0 bridgehead atoms. The van der Waals surface area contributed by atoms with E-state index in [1.165, 1.54) is 0 Å². The molecule has 5 heteroatoms. The molecule has 1 aliphatic rings. The number of aliphatic carboxylic acids is 1. The van der Waals surface area contributed by atoms with Crippen LogP contribution in [0, 0.1) is 0 Å². The lowest BCUT2D eigenvalue weighted by Gasteiger charge is -2.37.